The summed E-state index contributed by atoms with van der Waals surface area (Å²) in [5.41, 5.74) is 3.71. The van der Waals surface area contributed by atoms with Crippen molar-refractivity contribution in [1.29, 1.82) is 0 Å². The van der Waals surface area contributed by atoms with Crippen LogP contribution in [0.5, 0.6) is 0 Å². The van der Waals surface area contributed by atoms with Crippen LogP contribution in [0.4, 0.5) is 4.79 Å². The Morgan fingerprint density at radius 3 is 1.20 bits per heavy atom. The first kappa shape index (κ1) is 41.5. The van der Waals surface area contributed by atoms with E-state index >= 15 is 0 Å². The van der Waals surface area contributed by atoms with Crippen LogP contribution in [-0.4, -0.2) is 50.3 Å². The Labute approximate surface area is 321 Å². The van der Waals surface area contributed by atoms with Crippen molar-refractivity contribution in [2.45, 2.75) is 102 Å². The summed E-state index contributed by atoms with van der Waals surface area (Å²) in [5.74, 6) is -1.59. The highest BCUT2D eigenvalue weighted by molar-refractivity contribution is 6.79. The minimum atomic E-state index is -2.66. The van der Waals surface area contributed by atoms with Gasteiger partial charge in [0, 0.05) is 19.3 Å². The third kappa shape index (κ3) is 11.9. The monoisotopic (exact) mass is 749 g/mol. The van der Waals surface area contributed by atoms with Crippen molar-refractivity contribution in [3.05, 3.63) is 144 Å². The van der Waals surface area contributed by atoms with Crippen LogP contribution in [0.25, 0.3) is 0 Å². The van der Waals surface area contributed by atoms with E-state index < -0.39 is 50.3 Å². The molecule has 0 bridgehead atoms. The fourth-order valence-electron chi connectivity index (χ4n) is 7.21. The summed E-state index contributed by atoms with van der Waals surface area (Å²) >= 11 is 0. The van der Waals surface area contributed by atoms with Crippen LogP contribution >= 0.6 is 0 Å². The predicted molar refractivity (Wildman–Crippen MR) is 215 cm³/mol. The number of hydrogen-bond acceptors (Lipinski definition) is 6. The van der Waals surface area contributed by atoms with Crippen molar-refractivity contribution in [2.24, 2.45) is 0 Å². The average Bonchev–Trinajstić information content (AvgIpc) is 3.16. The highest BCUT2D eigenvalue weighted by atomic mass is 28.4. The van der Waals surface area contributed by atoms with Gasteiger partial charge in [-0.2, -0.15) is 0 Å². The zero-order chi connectivity index (χ0) is 39.1. The molecular formula is C44H55N3O6Si. The molecule has 0 aromatic heterocycles. The van der Waals surface area contributed by atoms with Gasteiger partial charge in [-0.05, 0) is 38.9 Å². The molecule has 3 atom stereocenters. The van der Waals surface area contributed by atoms with Crippen molar-refractivity contribution >= 4 is 32.2 Å². The summed E-state index contributed by atoms with van der Waals surface area (Å²) in [6.45, 7) is 12.7. The number of nitrogens with one attached hydrogen (secondary N) is 3. The number of hydrogen-bond donors (Lipinski definition) is 3. The van der Waals surface area contributed by atoms with Crippen LogP contribution in [0.15, 0.2) is 121 Å². The molecule has 286 valence electrons. The van der Waals surface area contributed by atoms with E-state index in [1.54, 1.807) is 0 Å². The molecule has 0 fully saturated rings. The van der Waals surface area contributed by atoms with Gasteiger partial charge in [0.15, 0.2) is 0 Å². The second-order valence-corrected chi connectivity index (χ2v) is 20.1. The molecule has 0 aliphatic heterocycles. The fourth-order valence-corrected chi connectivity index (χ4v) is 12.4. The molecular weight excluding hydrogens is 695 g/mol. The van der Waals surface area contributed by atoms with Gasteiger partial charge in [0.1, 0.15) is 24.7 Å². The quantitative estimate of drug-likeness (QED) is 0.0897. The first-order valence-corrected chi connectivity index (χ1v) is 21.0. The number of ether oxygens (including phenoxy) is 1. The summed E-state index contributed by atoms with van der Waals surface area (Å²) < 4.78 is 12.0. The lowest BCUT2D eigenvalue weighted by Crippen LogP contribution is -2.58. The average molecular weight is 750 g/mol. The van der Waals surface area contributed by atoms with Crippen LogP contribution in [-0.2, 0) is 49.4 Å². The molecule has 0 saturated carbocycles. The minimum Gasteiger partial charge on any atom is -0.517 e. The van der Waals surface area contributed by atoms with Crippen molar-refractivity contribution in [3.63, 3.8) is 0 Å². The van der Waals surface area contributed by atoms with Crippen LogP contribution in [0.1, 0.15) is 63.8 Å². The number of carbonyl (C=O) groups excluding carboxylic acids is 4. The summed E-state index contributed by atoms with van der Waals surface area (Å²) in [5, 5.41) is 8.61. The van der Waals surface area contributed by atoms with E-state index in [1.165, 1.54) is 0 Å². The molecule has 54 heavy (non-hydrogen) atoms. The van der Waals surface area contributed by atoms with Crippen LogP contribution in [0.2, 0.25) is 16.6 Å². The molecule has 0 saturated heterocycles. The standard InChI is InChI=1S/C44H55N3O6Si/c1-31(2)54(32(3)4,33(5)6)53-43(50)40(29-36-23-15-9-16-24-36)46-41(48)38(27-34-19-11-7-12-20-34)45-42(49)39(28-35-21-13-8-14-22-35)47-44(51)52-30-37-25-17-10-18-26-37/h7-26,31-33,38-40H,27-30H2,1-6H3,(H,45,49)(H,46,48)(H,47,51)/t38-,39-,40-/m0/s1. The van der Waals surface area contributed by atoms with Gasteiger partial charge in [-0.15, -0.1) is 0 Å². The zero-order valence-electron chi connectivity index (χ0n) is 32.3. The highest BCUT2D eigenvalue weighted by Gasteiger charge is 2.49. The van der Waals surface area contributed by atoms with Gasteiger partial charge in [-0.1, -0.05) is 163 Å². The second-order valence-electron chi connectivity index (χ2n) is 14.7. The molecule has 4 rings (SSSR count). The van der Waals surface area contributed by atoms with E-state index in [1.807, 2.05) is 121 Å². The highest BCUT2D eigenvalue weighted by Crippen LogP contribution is 2.42. The summed E-state index contributed by atoms with van der Waals surface area (Å²) in [7, 11) is -2.66. The Morgan fingerprint density at radius 1 is 0.481 bits per heavy atom. The lowest BCUT2D eigenvalue weighted by molar-refractivity contribution is -0.141. The molecule has 4 aromatic rings. The van der Waals surface area contributed by atoms with Crippen molar-refractivity contribution in [3.8, 4) is 0 Å². The van der Waals surface area contributed by atoms with Gasteiger partial charge in [0.25, 0.3) is 8.32 Å². The molecule has 0 radical (unpaired) electrons. The van der Waals surface area contributed by atoms with Gasteiger partial charge in [-0.3, -0.25) is 14.4 Å². The second kappa shape index (κ2) is 20.3. The van der Waals surface area contributed by atoms with Gasteiger partial charge >= 0.3 is 12.1 Å². The number of alkyl carbamates (subject to hydrolysis) is 1. The lowest BCUT2D eigenvalue weighted by atomic mass is 10.0. The summed E-state index contributed by atoms with van der Waals surface area (Å²) in [4.78, 5) is 55.8. The van der Waals surface area contributed by atoms with Crippen molar-refractivity contribution < 1.29 is 28.3 Å². The Hall–Kier alpha value is -5.22. The smallest absolute Gasteiger partial charge is 0.408 e. The third-order valence-electron chi connectivity index (χ3n) is 9.89. The van der Waals surface area contributed by atoms with Gasteiger partial charge in [0.2, 0.25) is 11.8 Å². The molecule has 4 aromatic carbocycles. The number of carbonyl (C=O) groups is 4. The van der Waals surface area contributed by atoms with E-state index in [2.05, 4.69) is 57.5 Å². The Balaban J connectivity index is 1.62. The SMILES string of the molecule is CC(C)[Si](OC(=O)[C@H](Cc1ccccc1)NC(=O)[C@H](Cc1ccccc1)NC(=O)[C@H](Cc1ccccc1)NC(=O)OCc1ccccc1)(C(C)C)C(C)C. The predicted octanol–water partition coefficient (Wildman–Crippen LogP) is 7.70. The summed E-state index contributed by atoms with van der Waals surface area (Å²) in [6.07, 6.45) is -0.258. The maximum Gasteiger partial charge on any atom is 0.408 e. The number of amides is 3. The van der Waals surface area contributed by atoms with Crippen LogP contribution < -0.4 is 16.0 Å². The maximum atomic E-state index is 14.4. The Bertz CT molecular complexity index is 1750. The van der Waals surface area contributed by atoms with E-state index in [0.29, 0.717) is 0 Å². The molecule has 3 amide bonds. The molecule has 0 spiro atoms. The van der Waals surface area contributed by atoms with Gasteiger partial charge < -0.3 is 25.1 Å². The van der Waals surface area contributed by atoms with E-state index in [0.717, 1.165) is 22.3 Å². The molecule has 0 unspecified atom stereocenters. The van der Waals surface area contributed by atoms with Crippen molar-refractivity contribution in [1.82, 2.24) is 16.0 Å². The minimum absolute atomic E-state index is 0.0266. The van der Waals surface area contributed by atoms with E-state index in [4.69, 9.17) is 9.16 Å². The van der Waals surface area contributed by atoms with Gasteiger partial charge in [0.05, 0.1) is 0 Å². The number of benzene rings is 4. The topological polar surface area (TPSA) is 123 Å². The number of rotatable bonds is 18. The first-order chi connectivity index (χ1) is 25.9. The lowest BCUT2D eigenvalue weighted by Gasteiger charge is -2.42. The fraction of sp³-hybridized carbons (Fsp3) is 0.364. The molecule has 0 aliphatic rings. The summed E-state index contributed by atoms with van der Waals surface area (Å²) in [6, 6.07) is 34.2. The van der Waals surface area contributed by atoms with Gasteiger partial charge in [-0.25, -0.2) is 4.79 Å². The third-order valence-corrected chi connectivity index (χ3v) is 15.9. The molecule has 3 N–H and O–H groups in total. The van der Waals surface area contributed by atoms with Crippen molar-refractivity contribution in [2.75, 3.05) is 0 Å². The van der Waals surface area contributed by atoms with E-state index in [9.17, 15) is 19.2 Å². The molecule has 10 heteroatoms. The van der Waals surface area contributed by atoms with Crippen LogP contribution in [0, 0.1) is 0 Å². The Kier molecular flexibility index (Phi) is 15.6. The molecule has 9 nitrogen and oxygen atoms in total. The largest absolute Gasteiger partial charge is 0.517 e. The Morgan fingerprint density at radius 2 is 0.815 bits per heavy atom. The van der Waals surface area contributed by atoms with Crippen LogP contribution in [0.3, 0.4) is 0 Å². The molecule has 0 aliphatic carbocycles. The normalized spacial score (nSPS) is 13.1. The van der Waals surface area contributed by atoms with E-state index in [-0.39, 0.29) is 42.5 Å². The zero-order valence-corrected chi connectivity index (χ0v) is 33.3. The maximum absolute atomic E-state index is 14.4. The molecule has 0 heterocycles. The first-order valence-electron chi connectivity index (χ1n) is 18.8.